The van der Waals surface area contributed by atoms with E-state index in [0.717, 1.165) is 13.0 Å². The van der Waals surface area contributed by atoms with E-state index in [-0.39, 0.29) is 17.9 Å². The Balaban J connectivity index is 1.87. The highest BCUT2D eigenvalue weighted by Crippen LogP contribution is 2.18. The molecule has 5 heteroatoms. The zero-order valence-corrected chi connectivity index (χ0v) is 13.3. The molecule has 0 unspecified atom stereocenters. The van der Waals surface area contributed by atoms with Gasteiger partial charge in [0.05, 0.1) is 12.6 Å². The van der Waals surface area contributed by atoms with Crippen molar-refractivity contribution in [3.63, 3.8) is 0 Å². The van der Waals surface area contributed by atoms with Crippen molar-refractivity contribution in [3.8, 4) is 0 Å². The van der Waals surface area contributed by atoms with Gasteiger partial charge in [0.2, 0.25) is 11.8 Å². The SMILES string of the molecule is CC[C@@H](CNC(=O)[C@H](C)N1CCNC(=O)C1)c1ccccc1. The topological polar surface area (TPSA) is 61.4 Å². The largest absolute Gasteiger partial charge is 0.354 e. The summed E-state index contributed by atoms with van der Waals surface area (Å²) in [6, 6.07) is 9.96. The van der Waals surface area contributed by atoms with E-state index in [1.165, 1.54) is 5.56 Å². The molecule has 0 radical (unpaired) electrons. The lowest BCUT2D eigenvalue weighted by Gasteiger charge is -2.31. The Hall–Kier alpha value is -1.88. The van der Waals surface area contributed by atoms with Crippen LogP contribution in [0.5, 0.6) is 0 Å². The predicted molar refractivity (Wildman–Crippen MR) is 86.5 cm³/mol. The van der Waals surface area contributed by atoms with Crippen molar-refractivity contribution in [2.24, 2.45) is 0 Å². The van der Waals surface area contributed by atoms with E-state index < -0.39 is 0 Å². The maximum absolute atomic E-state index is 12.3. The predicted octanol–water partition coefficient (Wildman–Crippen LogP) is 1.12. The molecule has 2 rings (SSSR count). The Morgan fingerprint density at radius 1 is 1.36 bits per heavy atom. The van der Waals surface area contributed by atoms with Crippen LogP contribution >= 0.6 is 0 Å². The highest BCUT2D eigenvalue weighted by Gasteiger charge is 2.26. The van der Waals surface area contributed by atoms with Crippen molar-refractivity contribution in [2.75, 3.05) is 26.2 Å². The van der Waals surface area contributed by atoms with Gasteiger partial charge in [0, 0.05) is 25.6 Å². The van der Waals surface area contributed by atoms with Gasteiger partial charge < -0.3 is 10.6 Å². The van der Waals surface area contributed by atoms with Gasteiger partial charge in [-0.3, -0.25) is 14.5 Å². The van der Waals surface area contributed by atoms with Crippen molar-refractivity contribution in [2.45, 2.75) is 32.2 Å². The number of nitrogens with one attached hydrogen (secondary N) is 2. The standard InChI is InChI=1S/C17H25N3O2/c1-3-14(15-7-5-4-6-8-15)11-19-17(22)13(2)20-10-9-18-16(21)12-20/h4-8,13-14H,3,9-12H2,1-2H3,(H,18,21)(H,19,22)/t13-,14-/m0/s1. The van der Waals surface area contributed by atoms with Crippen molar-refractivity contribution in [3.05, 3.63) is 35.9 Å². The summed E-state index contributed by atoms with van der Waals surface area (Å²) in [6.07, 6.45) is 0.977. The fraction of sp³-hybridized carbons (Fsp3) is 0.529. The highest BCUT2D eigenvalue weighted by molar-refractivity contribution is 5.83. The fourth-order valence-corrected chi connectivity index (χ4v) is 2.75. The molecular formula is C17H25N3O2. The van der Waals surface area contributed by atoms with Crippen LogP contribution < -0.4 is 10.6 Å². The molecule has 0 spiro atoms. The Labute approximate surface area is 132 Å². The second-order valence-corrected chi connectivity index (χ2v) is 5.76. The molecule has 1 aromatic carbocycles. The third kappa shape index (κ3) is 4.31. The van der Waals surface area contributed by atoms with E-state index in [9.17, 15) is 9.59 Å². The van der Waals surface area contributed by atoms with E-state index in [1.54, 1.807) is 0 Å². The molecule has 0 aromatic heterocycles. The van der Waals surface area contributed by atoms with Crippen LogP contribution in [0.4, 0.5) is 0 Å². The summed E-state index contributed by atoms with van der Waals surface area (Å²) < 4.78 is 0. The first-order valence-electron chi connectivity index (χ1n) is 7.95. The molecule has 1 aliphatic heterocycles. The number of nitrogens with zero attached hydrogens (tertiary/aromatic N) is 1. The first-order valence-corrected chi connectivity index (χ1v) is 7.95. The lowest BCUT2D eigenvalue weighted by atomic mass is 9.96. The van der Waals surface area contributed by atoms with Gasteiger partial charge >= 0.3 is 0 Å². The van der Waals surface area contributed by atoms with Crippen LogP contribution in [0.15, 0.2) is 30.3 Å². The average Bonchev–Trinajstić information content (AvgIpc) is 2.55. The summed E-state index contributed by atoms with van der Waals surface area (Å²) in [4.78, 5) is 25.6. The molecule has 0 aliphatic carbocycles. The van der Waals surface area contributed by atoms with Crippen LogP contribution in [0.1, 0.15) is 31.7 Å². The zero-order valence-electron chi connectivity index (χ0n) is 13.3. The number of hydrogen-bond acceptors (Lipinski definition) is 3. The van der Waals surface area contributed by atoms with Crippen LogP contribution in [-0.4, -0.2) is 48.9 Å². The summed E-state index contributed by atoms with van der Waals surface area (Å²) in [7, 11) is 0. The molecule has 1 aliphatic rings. The molecule has 120 valence electrons. The lowest BCUT2D eigenvalue weighted by Crippen LogP contribution is -2.55. The molecule has 1 heterocycles. The van der Waals surface area contributed by atoms with Crippen molar-refractivity contribution >= 4 is 11.8 Å². The number of carbonyl (C=O) groups excluding carboxylic acids is 2. The zero-order chi connectivity index (χ0) is 15.9. The van der Waals surface area contributed by atoms with Crippen molar-refractivity contribution < 1.29 is 9.59 Å². The summed E-state index contributed by atoms with van der Waals surface area (Å²) in [6.45, 7) is 6.24. The average molecular weight is 303 g/mol. The summed E-state index contributed by atoms with van der Waals surface area (Å²) in [5.74, 6) is 0.299. The van der Waals surface area contributed by atoms with Gasteiger partial charge in [-0.1, -0.05) is 37.3 Å². The molecule has 5 nitrogen and oxygen atoms in total. The maximum atomic E-state index is 12.3. The van der Waals surface area contributed by atoms with Gasteiger partial charge in [0.1, 0.15) is 0 Å². The molecule has 2 amide bonds. The Morgan fingerprint density at radius 2 is 2.09 bits per heavy atom. The second kappa shape index (κ2) is 7.94. The third-order valence-electron chi connectivity index (χ3n) is 4.28. The van der Waals surface area contributed by atoms with Gasteiger partial charge in [-0.05, 0) is 18.9 Å². The minimum Gasteiger partial charge on any atom is -0.354 e. The fourth-order valence-electron chi connectivity index (χ4n) is 2.75. The van der Waals surface area contributed by atoms with Gasteiger partial charge in [-0.15, -0.1) is 0 Å². The molecular weight excluding hydrogens is 278 g/mol. The van der Waals surface area contributed by atoms with Gasteiger partial charge in [-0.25, -0.2) is 0 Å². The van der Waals surface area contributed by atoms with Crippen LogP contribution in [0.25, 0.3) is 0 Å². The molecule has 2 atom stereocenters. The lowest BCUT2D eigenvalue weighted by molar-refractivity contribution is -0.130. The minimum atomic E-state index is -0.278. The van der Waals surface area contributed by atoms with Gasteiger partial charge in [-0.2, -0.15) is 0 Å². The highest BCUT2D eigenvalue weighted by atomic mass is 16.2. The van der Waals surface area contributed by atoms with Crippen LogP contribution in [-0.2, 0) is 9.59 Å². The van der Waals surface area contributed by atoms with Gasteiger partial charge in [0.15, 0.2) is 0 Å². The normalized spacial score (nSPS) is 18.4. The van der Waals surface area contributed by atoms with Gasteiger partial charge in [0.25, 0.3) is 0 Å². The number of hydrogen-bond donors (Lipinski definition) is 2. The van der Waals surface area contributed by atoms with Crippen molar-refractivity contribution in [1.29, 1.82) is 0 Å². The number of amides is 2. The number of carbonyl (C=O) groups is 2. The first-order chi connectivity index (χ1) is 10.6. The van der Waals surface area contributed by atoms with E-state index in [2.05, 4.69) is 29.7 Å². The van der Waals surface area contributed by atoms with Crippen LogP contribution in [0, 0.1) is 0 Å². The Morgan fingerprint density at radius 3 is 2.73 bits per heavy atom. The van der Waals surface area contributed by atoms with E-state index in [1.807, 2.05) is 30.0 Å². The van der Waals surface area contributed by atoms with Crippen LogP contribution in [0.3, 0.4) is 0 Å². The van der Waals surface area contributed by atoms with E-state index >= 15 is 0 Å². The minimum absolute atomic E-state index is 0.0101. The van der Waals surface area contributed by atoms with E-state index in [4.69, 9.17) is 0 Å². The molecule has 22 heavy (non-hydrogen) atoms. The van der Waals surface area contributed by atoms with Crippen LogP contribution in [0.2, 0.25) is 0 Å². The third-order valence-corrected chi connectivity index (χ3v) is 4.28. The summed E-state index contributed by atoms with van der Waals surface area (Å²) in [5.41, 5.74) is 1.25. The smallest absolute Gasteiger partial charge is 0.237 e. The Kier molecular flexibility index (Phi) is 5.95. The maximum Gasteiger partial charge on any atom is 0.237 e. The quantitative estimate of drug-likeness (QED) is 0.828. The summed E-state index contributed by atoms with van der Waals surface area (Å²) >= 11 is 0. The number of rotatable bonds is 6. The first kappa shape index (κ1) is 16.5. The molecule has 0 saturated carbocycles. The second-order valence-electron chi connectivity index (χ2n) is 5.76. The molecule has 0 bridgehead atoms. The van der Waals surface area contributed by atoms with E-state index in [0.29, 0.717) is 25.6 Å². The summed E-state index contributed by atoms with van der Waals surface area (Å²) in [5, 5.41) is 5.81. The monoisotopic (exact) mass is 303 g/mol. The Bertz CT molecular complexity index is 504. The molecule has 1 saturated heterocycles. The number of piperazine rings is 1. The number of benzene rings is 1. The molecule has 1 fully saturated rings. The molecule has 2 N–H and O–H groups in total. The molecule has 1 aromatic rings. The van der Waals surface area contributed by atoms with Crippen molar-refractivity contribution in [1.82, 2.24) is 15.5 Å².